The minimum atomic E-state index is 0.0317. The zero-order chi connectivity index (χ0) is 11.5. The largest absolute Gasteiger partial charge is 0.290 e. The Hall–Kier alpha value is -1.29. The van der Waals surface area contributed by atoms with E-state index in [-0.39, 0.29) is 5.56 Å². The van der Waals surface area contributed by atoms with Gasteiger partial charge in [-0.3, -0.25) is 9.36 Å². The van der Waals surface area contributed by atoms with Gasteiger partial charge in [-0.1, -0.05) is 30.8 Å². The van der Waals surface area contributed by atoms with E-state index in [4.69, 9.17) is 0 Å². The zero-order valence-electron chi connectivity index (χ0n) is 9.43. The molecule has 1 heterocycles. The lowest BCUT2D eigenvalue weighted by Crippen LogP contribution is -2.19. The van der Waals surface area contributed by atoms with Crippen LogP contribution in [0.25, 0.3) is 10.9 Å². The summed E-state index contributed by atoms with van der Waals surface area (Å²) in [7, 11) is 1.78. The zero-order valence-corrected chi connectivity index (χ0v) is 10.3. The molecule has 0 N–H and O–H groups in total. The van der Waals surface area contributed by atoms with Crippen molar-refractivity contribution in [2.45, 2.75) is 18.5 Å². The fourth-order valence-electron chi connectivity index (χ4n) is 1.52. The molecule has 0 aliphatic heterocycles. The first-order chi connectivity index (χ1) is 7.74. The lowest BCUT2D eigenvalue weighted by molar-refractivity contribution is 0.726. The highest BCUT2D eigenvalue weighted by Crippen LogP contribution is 2.17. The van der Waals surface area contributed by atoms with Crippen LogP contribution < -0.4 is 5.56 Å². The van der Waals surface area contributed by atoms with Gasteiger partial charge >= 0.3 is 0 Å². The predicted molar refractivity (Wildman–Crippen MR) is 68.0 cm³/mol. The Bertz CT molecular complexity index is 562. The highest BCUT2D eigenvalue weighted by atomic mass is 32.2. The summed E-state index contributed by atoms with van der Waals surface area (Å²) in [6.45, 7) is 2.12. The molecule has 0 radical (unpaired) electrons. The van der Waals surface area contributed by atoms with Crippen molar-refractivity contribution in [3.8, 4) is 0 Å². The molecule has 1 aromatic carbocycles. The summed E-state index contributed by atoms with van der Waals surface area (Å²) in [4.78, 5) is 16.5. The summed E-state index contributed by atoms with van der Waals surface area (Å²) in [5.74, 6) is 0.985. The number of aromatic nitrogens is 2. The summed E-state index contributed by atoms with van der Waals surface area (Å²) >= 11 is 1.63. The number of hydrogen-bond donors (Lipinski definition) is 0. The van der Waals surface area contributed by atoms with E-state index in [2.05, 4.69) is 11.9 Å². The maximum atomic E-state index is 12.0. The van der Waals surface area contributed by atoms with Gasteiger partial charge in [-0.05, 0) is 18.6 Å². The van der Waals surface area contributed by atoms with Crippen LogP contribution in [0.3, 0.4) is 0 Å². The Morgan fingerprint density at radius 3 is 2.88 bits per heavy atom. The number of benzene rings is 1. The molecule has 0 atom stereocenters. The number of rotatable bonds is 3. The van der Waals surface area contributed by atoms with E-state index in [1.807, 2.05) is 24.3 Å². The molecule has 0 amide bonds. The van der Waals surface area contributed by atoms with Crippen LogP contribution in [0.15, 0.2) is 34.2 Å². The van der Waals surface area contributed by atoms with Gasteiger partial charge in [0, 0.05) is 12.8 Å². The normalized spacial score (nSPS) is 10.9. The Morgan fingerprint density at radius 1 is 1.38 bits per heavy atom. The Balaban J connectivity index is 2.60. The predicted octanol–water partition coefficient (Wildman–Crippen LogP) is 2.44. The summed E-state index contributed by atoms with van der Waals surface area (Å²) in [5, 5.41) is 1.48. The molecular weight excluding hydrogens is 220 g/mol. The van der Waals surface area contributed by atoms with Crippen molar-refractivity contribution in [3.63, 3.8) is 0 Å². The van der Waals surface area contributed by atoms with Crippen LogP contribution in [-0.2, 0) is 7.05 Å². The molecular formula is C12H14N2OS. The smallest absolute Gasteiger partial charge is 0.261 e. The van der Waals surface area contributed by atoms with Crippen LogP contribution in [0.2, 0.25) is 0 Å². The lowest BCUT2D eigenvalue weighted by Gasteiger charge is -2.07. The van der Waals surface area contributed by atoms with Crippen molar-refractivity contribution in [2.75, 3.05) is 5.75 Å². The average molecular weight is 234 g/mol. The number of nitrogens with zero attached hydrogens (tertiary/aromatic N) is 2. The molecule has 0 aliphatic carbocycles. The third-order valence-corrected chi connectivity index (χ3v) is 3.61. The van der Waals surface area contributed by atoms with Gasteiger partial charge in [0.05, 0.1) is 10.9 Å². The molecule has 0 spiro atoms. The fourth-order valence-corrected chi connectivity index (χ4v) is 2.35. The van der Waals surface area contributed by atoms with Crippen LogP contribution in [-0.4, -0.2) is 15.3 Å². The van der Waals surface area contributed by atoms with Crippen LogP contribution in [0.1, 0.15) is 13.3 Å². The highest BCUT2D eigenvalue weighted by molar-refractivity contribution is 7.99. The van der Waals surface area contributed by atoms with Gasteiger partial charge in [0.2, 0.25) is 0 Å². The van der Waals surface area contributed by atoms with Crippen LogP contribution in [0.5, 0.6) is 0 Å². The Morgan fingerprint density at radius 2 is 2.12 bits per heavy atom. The molecule has 0 bridgehead atoms. The van der Waals surface area contributed by atoms with E-state index in [1.165, 1.54) is 0 Å². The molecule has 1 aromatic heterocycles. The second-order valence-corrected chi connectivity index (χ2v) is 4.69. The molecule has 0 unspecified atom stereocenters. The van der Waals surface area contributed by atoms with E-state index < -0.39 is 0 Å². The monoisotopic (exact) mass is 234 g/mol. The molecule has 0 aliphatic rings. The minimum absolute atomic E-state index is 0.0317. The molecule has 2 rings (SSSR count). The molecule has 3 nitrogen and oxygen atoms in total. The van der Waals surface area contributed by atoms with Gasteiger partial charge < -0.3 is 0 Å². The molecule has 0 saturated heterocycles. The van der Waals surface area contributed by atoms with Crippen LogP contribution in [0.4, 0.5) is 0 Å². The van der Waals surface area contributed by atoms with Gasteiger partial charge in [0.15, 0.2) is 5.16 Å². The van der Waals surface area contributed by atoms with Crippen molar-refractivity contribution in [2.24, 2.45) is 7.05 Å². The first-order valence-electron chi connectivity index (χ1n) is 5.32. The van der Waals surface area contributed by atoms with Gasteiger partial charge in [-0.25, -0.2) is 4.98 Å². The minimum Gasteiger partial charge on any atom is -0.290 e. The topological polar surface area (TPSA) is 34.9 Å². The number of para-hydroxylation sites is 1. The van der Waals surface area contributed by atoms with Crippen LogP contribution in [0, 0.1) is 0 Å². The maximum absolute atomic E-state index is 12.0. The maximum Gasteiger partial charge on any atom is 0.261 e. The van der Waals surface area contributed by atoms with Crippen molar-refractivity contribution >= 4 is 22.7 Å². The summed E-state index contributed by atoms with van der Waals surface area (Å²) in [5.41, 5.74) is 0.813. The highest BCUT2D eigenvalue weighted by Gasteiger charge is 2.07. The standard InChI is InChI=1S/C12H14N2OS/c1-3-8-16-12-13-10-7-5-4-6-9(10)11(15)14(12)2/h4-7H,3,8H2,1-2H3. The number of hydrogen-bond acceptors (Lipinski definition) is 3. The van der Waals surface area contributed by atoms with E-state index >= 15 is 0 Å². The molecule has 0 saturated carbocycles. The van der Waals surface area contributed by atoms with Gasteiger partial charge in [-0.15, -0.1) is 0 Å². The van der Waals surface area contributed by atoms with Crippen molar-refractivity contribution < 1.29 is 0 Å². The third kappa shape index (κ3) is 1.97. The van der Waals surface area contributed by atoms with Gasteiger partial charge in [0.1, 0.15) is 0 Å². The molecule has 2 aromatic rings. The number of fused-ring (bicyclic) bond motifs is 1. The first-order valence-corrected chi connectivity index (χ1v) is 6.31. The van der Waals surface area contributed by atoms with E-state index in [1.54, 1.807) is 23.4 Å². The SMILES string of the molecule is CCCSc1nc2ccccc2c(=O)n1C. The van der Waals surface area contributed by atoms with Crippen molar-refractivity contribution in [1.82, 2.24) is 9.55 Å². The van der Waals surface area contributed by atoms with E-state index in [9.17, 15) is 4.79 Å². The van der Waals surface area contributed by atoms with E-state index in [0.717, 1.165) is 22.8 Å². The molecule has 0 fully saturated rings. The van der Waals surface area contributed by atoms with Gasteiger partial charge in [0.25, 0.3) is 5.56 Å². The molecule has 4 heteroatoms. The summed E-state index contributed by atoms with van der Waals surface area (Å²) in [6, 6.07) is 7.47. The molecule has 16 heavy (non-hydrogen) atoms. The number of thioether (sulfide) groups is 1. The first kappa shape index (κ1) is 11.2. The van der Waals surface area contributed by atoms with E-state index in [0.29, 0.717) is 5.39 Å². The third-order valence-electron chi connectivity index (χ3n) is 2.38. The Labute approximate surface area is 98.5 Å². The van der Waals surface area contributed by atoms with Gasteiger partial charge in [-0.2, -0.15) is 0 Å². The van der Waals surface area contributed by atoms with Crippen molar-refractivity contribution in [3.05, 3.63) is 34.6 Å². The van der Waals surface area contributed by atoms with Crippen LogP contribution >= 0.6 is 11.8 Å². The Kier molecular flexibility index (Phi) is 3.29. The quantitative estimate of drug-likeness (QED) is 0.604. The second-order valence-electron chi connectivity index (χ2n) is 3.62. The molecule has 84 valence electrons. The second kappa shape index (κ2) is 4.70. The fraction of sp³-hybridized carbons (Fsp3) is 0.333. The lowest BCUT2D eigenvalue weighted by atomic mass is 10.2. The summed E-state index contributed by atoms with van der Waals surface area (Å²) in [6.07, 6.45) is 1.08. The average Bonchev–Trinajstić information content (AvgIpc) is 2.32. The summed E-state index contributed by atoms with van der Waals surface area (Å²) < 4.78 is 1.63. The van der Waals surface area contributed by atoms with Crippen molar-refractivity contribution in [1.29, 1.82) is 0 Å².